The summed E-state index contributed by atoms with van der Waals surface area (Å²) in [6.45, 7) is 7.00. The van der Waals surface area contributed by atoms with Crippen molar-refractivity contribution in [3.8, 4) is 0 Å². The molecule has 25 heavy (non-hydrogen) atoms. The van der Waals surface area contributed by atoms with E-state index in [1.165, 1.54) is 22.6 Å². The predicted octanol–water partition coefficient (Wildman–Crippen LogP) is 4.46. The number of carbonyl (C=O) groups excluding carboxylic acids is 1. The SMILES string of the molecule is CC[C@@H]1c2ccsc2CCN1[C@@H](C)C(=O)N[C@@H](C)c1ccc(F)cc1. The van der Waals surface area contributed by atoms with E-state index < -0.39 is 0 Å². The van der Waals surface area contributed by atoms with Crippen molar-refractivity contribution in [3.05, 3.63) is 57.5 Å². The van der Waals surface area contributed by atoms with E-state index in [1.807, 2.05) is 25.2 Å². The zero-order valence-corrected chi connectivity index (χ0v) is 15.8. The molecule has 0 radical (unpaired) electrons. The van der Waals surface area contributed by atoms with E-state index in [2.05, 4.69) is 28.6 Å². The molecule has 134 valence electrons. The van der Waals surface area contributed by atoms with Gasteiger partial charge in [0.05, 0.1) is 12.1 Å². The van der Waals surface area contributed by atoms with Crippen LogP contribution in [0, 0.1) is 5.82 Å². The summed E-state index contributed by atoms with van der Waals surface area (Å²) in [5, 5.41) is 5.23. The Kier molecular flexibility index (Phi) is 5.54. The number of rotatable bonds is 5. The number of halogens is 1. The summed E-state index contributed by atoms with van der Waals surface area (Å²) < 4.78 is 13.1. The molecule has 3 nitrogen and oxygen atoms in total. The average Bonchev–Trinajstić information content (AvgIpc) is 3.09. The molecule has 1 aromatic carbocycles. The van der Waals surface area contributed by atoms with Crippen molar-refractivity contribution >= 4 is 17.2 Å². The second-order valence-electron chi connectivity index (χ2n) is 6.67. The quantitative estimate of drug-likeness (QED) is 0.854. The largest absolute Gasteiger partial charge is 0.348 e. The third-order valence-corrected chi connectivity index (χ3v) is 6.13. The molecule has 1 N–H and O–H groups in total. The Bertz CT molecular complexity index is 728. The van der Waals surface area contributed by atoms with Crippen molar-refractivity contribution in [2.45, 2.75) is 51.7 Å². The van der Waals surface area contributed by atoms with Crippen LogP contribution >= 0.6 is 11.3 Å². The van der Waals surface area contributed by atoms with Gasteiger partial charge in [0.1, 0.15) is 5.82 Å². The van der Waals surface area contributed by atoms with Gasteiger partial charge in [-0.15, -0.1) is 11.3 Å². The van der Waals surface area contributed by atoms with Crippen LogP contribution in [0.5, 0.6) is 0 Å². The zero-order chi connectivity index (χ0) is 18.0. The number of carbonyl (C=O) groups is 1. The Morgan fingerprint density at radius 3 is 2.72 bits per heavy atom. The van der Waals surface area contributed by atoms with Crippen LogP contribution in [0.25, 0.3) is 0 Å². The molecule has 0 spiro atoms. The Balaban J connectivity index is 1.68. The number of benzene rings is 1. The first-order valence-electron chi connectivity index (χ1n) is 8.89. The van der Waals surface area contributed by atoms with Gasteiger partial charge in [0.2, 0.25) is 5.91 Å². The lowest BCUT2D eigenvalue weighted by atomic mass is 9.96. The highest BCUT2D eigenvalue weighted by molar-refractivity contribution is 7.10. The van der Waals surface area contributed by atoms with Gasteiger partial charge in [0.15, 0.2) is 0 Å². The van der Waals surface area contributed by atoms with Crippen LogP contribution in [0.2, 0.25) is 0 Å². The molecule has 0 saturated carbocycles. The first kappa shape index (κ1) is 18.1. The summed E-state index contributed by atoms with van der Waals surface area (Å²) in [6.07, 6.45) is 2.00. The zero-order valence-electron chi connectivity index (χ0n) is 15.0. The lowest BCUT2D eigenvalue weighted by molar-refractivity contribution is -0.127. The number of hydrogen-bond donors (Lipinski definition) is 1. The van der Waals surface area contributed by atoms with Crippen molar-refractivity contribution in [3.63, 3.8) is 0 Å². The first-order valence-corrected chi connectivity index (χ1v) is 9.77. The molecule has 0 unspecified atom stereocenters. The Morgan fingerprint density at radius 2 is 2.04 bits per heavy atom. The number of nitrogens with zero attached hydrogens (tertiary/aromatic N) is 1. The van der Waals surface area contributed by atoms with Gasteiger partial charge in [-0.2, -0.15) is 0 Å². The second kappa shape index (κ2) is 7.67. The van der Waals surface area contributed by atoms with Crippen LogP contribution in [-0.4, -0.2) is 23.4 Å². The lowest BCUT2D eigenvalue weighted by Gasteiger charge is -2.39. The van der Waals surface area contributed by atoms with Crippen LogP contribution in [0.1, 0.15) is 55.3 Å². The topological polar surface area (TPSA) is 32.3 Å². The summed E-state index contributed by atoms with van der Waals surface area (Å²) in [7, 11) is 0. The molecule has 1 aromatic heterocycles. The highest BCUT2D eigenvalue weighted by Crippen LogP contribution is 2.36. The summed E-state index contributed by atoms with van der Waals surface area (Å²) in [4.78, 5) is 16.5. The first-order chi connectivity index (χ1) is 12.0. The van der Waals surface area contributed by atoms with E-state index in [-0.39, 0.29) is 23.8 Å². The van der Waals surface area contributed by atoms with Crippen LogP contribution in [0.15, 0.2) is 35.7 Å². The van der Waals surface area contributed by atoms with Gasteiger partial charge in [0.25, 0.3) is 0 Å². The van der Waals surface area contributed by atoms with Crippen molar-refractivity contribution in [1.29, 1.82) is 0 Å². The number of nitrogens with one attached hydrogen (secondary N) is 1. The number of thiophene rings is 1. The van der Waals surface area contributed by atoms with E-state index in [9.17, 15) is 9.18 Å². The van der Waals surface area contributed by atoms with E-state index in [4.69, 9.17) is 0 Å². The molecule has 2 aromatic rings. The molecule has 1 aliphatic rings. The lowest BCUT2D eigenvalue weighted by Crippen LogP contribution is -2.49. The predicted molar refractivity (Wildman–Crippen MR) is 100 cm³/mol. The normalized spacial score (nSPS) is 19.9. The highest BCUT2D eigenvalue weighted by Gasteiger charge is 2.33. The number of hydrogen-bond acceptors (Lipinski definition) is 3. The third kappa shape index (κ3) is 3.77. The molecule has 3 rings (SSSR count). The van der Waals surface area contributed by atoms with E-state index in [0.29, 0.717) is 6.04 Å². The molecule has 5 heteroatoms. The molecule has 0 bridgehead atoms. The fourth-order valence-electron chi connectivity index (χ4n) is 3.65. The van der Waals surface area contributed by atoms with Gasteiger partial charge in [0, 0.05) is 17.5 Å². The molecule has 0 saturated heterocycles. The summed E-state index contributed by atoms with van der Waals surface area (Å²) >= 11 is 1.82. The van der Waals surface area contributed by atoms with Crippen LogP contribution in [0.3, 0.4) is 0 Å². The minimum Gasteiger partial charge on any atom is -0.348 e. The smallest absolute Gasteiger partial charge is 0.237 e. The average molecular weight is 360 g/mol. The minimum atomic E-state index is -0.263. The van der Waals surface area contributed by atoms with Gasteiger partial charge in [-0.3, -0.25) is 9.69 Å². The van der Waals surface area contributed by atoms with Crippen molar-refractivity contribution < 1.29 is 9.18 Å². The molecule has 0 aliphatic carbocycles. The fraction of sp³-hybridized carbons (Fsp3) is 0.450. The molecule has 3 atom stereocenters. The molecule has 2 heterocycles. The van der Waals surface area contributed by atoms with Gasteiger partial charge in [-0.05, 0) is 61.4 Å². The molecule has 1 amide bonds. The Hall–Kier alpha value is -1.72. The molecular formula is C20H25FN2OS. The summed E-state index contributed by atoms with van der Waals surface area (Å²) in [6, 6.07) is 8.46. The second-order valence-corrected chi connectivity index (χ2v) is 7.67. The molecular weight excluding hydrogens is 335 g/mol. The van der Waals surface area contributed by atoms with E-state index >= 15 is 0 Å². The molecule has 1 aliphatic heterocycles. The highest BCUT2D eigenvalue weighted by atomic mass is 32.1. The summed E-state index contributed by atoms with van der Waals surface area (Å²) in [5.41, 5.74) is 2.29. The maximum absolute atomic E-state index is 13.1. The maximum atomic E-state index is 13.1. The summed E-state index contributed by atoms with van der Waals surface area (Å²) in [5.74, 6) is -0.240. The van der Waals surface area contributed by atoms with Gasteiger partial charge in [-0.25, -0.2) is 4.39 Å². The van der Waals surface area contributed by atoms with Gasteiger partial charge in [-0.1, -0.05) is 19.1 Å². The Labute approximate surface area is 152 Å². The van der Waals surface area contributed by atoms with Crippen molar-refractivity contribution in [1.82, 2.24) is 10.2 Å². The van der Waals surface area contributed by atoms with Crippen LogP contribution in [0.4, 0.5) is 4.39 Å². The van der Waals surface area contributed by atoms with Crippen molar-refractivity contribution in [2.24, 2.45) is 0 Å². The van der Waals surface area contributed by atoms with E-state index in [1.54, 1.807) is 12.1 Å². The van der Waals surface area contributed by atoms with Gasteiger partial charge < -0.3 is 5.32 Å². The Morgan fingerprint density at radius 1 is 1.32 bits per heavy atom. The number of fused-ring (bicyclic) bond motifs is 1. The monoisotopic (exact) mass is 360 g/mol. The maximum Gasteiger partial charge on any atom is 0.237 e. The molecule has 0 fully saturated rings. The minimum absolute atomic E-state index is 0.0222. The van der Waals surface area contributed by atoms with Crippen LogP contribution in [-0.2, 0) is 11.2 Å². The van der Waals surface area contributed by atoms with E-state index in [0.717, 1.165) is 24.9 Å². The standard InChI is InChI=1S/C20H25FN2OS/c1-4-18-17-10-12-25-19(17)9-11-23(18)14(3)20(24)22-13(2)15-5-7-16(21)8-6-15/h5-8,10,12-14,18H,4,9,11H2,1-3H3,(H,22,24)/t13-,14-,18+/m0/s1. The van der Waals surface area contributed by atoms with Gasteiger partial charge >= 0.3 is 0 Å². The third-order valence-electron chi connectivity index (χ3n) is 5.13. The van der Waals surface area contributed by atoms with Crippen molar-refractivity contribution in [2.75, 3.05) is 6.54 Å². The fourth-order valence-corrected chi connectivity index (χ4v) is 4.58. The number of amides is 1. The van der Waals surface area contributed by atoms with Crippen LogP contribution < -0.4 is 5.32 Å².